The van der Waals surface area contributed by atoms with Gasteiger partial charge in [0.25, 0.3) is 0 Å². The fourth-order valence-corrected chi connectivity index (χ4v) is 2.86. The summed E-state index contributed by atoms with van der Waals surface area (Å²) in [5.41, 5.74) is 1.19. The van der Waals surface area contributed by atoms with Crippen LogP contribution in [0.5, 0.6) is 0 Å². The molecular weight excluding hydrogens is 274 g/mol. The number of nitrogens with one attached hydrogen (secondary N) is 1. The van der Waals surface area contributed by atoms with Gasteiger partial charge in [-0.05, 0) is 24.7 Å². The van der Waals surface area contributed by atoms with Crippen molar-refractivity contribution in [3.05, 3.63) is 34.9 Å². The summed E-state index contributed by atoms with van der Waals surface area (Å²) in [5, 5.41) is 3.52. The summed E-state index contributed by atoms with van der Waals surface area (Å²) in [6, 6.07) is 7.92. The maximum Gasteiger partial charge on any atom is 0.225 e. The smallest absolute Gasteiger partial charge is 0.225 e. The first-order chi connectivity index (χ1) is 9.58. The van der Waals surface area contributed by atoms with E-state index in [4.69, 9.17) is 11.6 Å². The van der Waals surface area contributed by atoms with Crippen molar-refractivity contribution in [3.63, 3.8) is 0 Å². The van der Waals surface area contributed by atoms with Gasteiger partial charge in [-0.15, -0.1) is 0 Å². The molecule has 1 atom stereocenters. The Bertz CT molecular complexity index is 466. The van der Waals surface area contributed by atoms with Crippen molar-refractivity contribution < 1.29 is 4.79 Å². The maximum atomic E-state index is 11.9. The number of amides is 1. The zero-order valence-corrected chi connectivity index (χ0v) is 12.9. The lowest BCUT2D eigenvalue weighted by Gasteiger charge is -2.23. The first kappa shape index (κ1) is 15.3. The third kappa shape index (κ3) is 4.20. The molecule has 1 aliphatic heterocycles. The second-order valence-corrected chi connectivity index (χ2v) is 5.87. The number of carbonyl (C=O) groups is 1. The van der Waals surface area contributed by atoms with Crippen LogP contribution in [0.3, 0.4) is 0 Å². The molecule has 1 saturated heterocycles. The molecule has 5 heteroatoms. The number of rotatable bonds is 3. The molecule has 2 rings (SSSR count). The monoisotopic (exact) mass is 295 g/mol. The molecule has 1 aromatic carbocycles. The Morgan fingerprint density at radius 2 is 2.20 bits per heavy atom. The van der Waals surface area contributed by atoms with Gasteiger partial charge in [0.1, 0.15) is 0 Å². The third-order valence-electron chi connectivity index (χ3n) is 3.72. The summed E-state index contributed by atoms with van der Waals surface area (Å²) in [6.45, 7) is 4.38. The van der Waals surface area contributed by atoms with Gasteiger partial charge in [-0.3, -0.25) is 9.69 Å². The summed E-state index contributed by atoms with van der Waals surface area (Å²) in [7, 11) is 3.77. The van der Waals surface area contributed by atoms with E-state index in [1.54, 1.807) is 7.05 Å². The van der Waals surface area contributed by atoms with E-state index < -0.39 is 0 Å². The van der Waals surface area contributed by atoms with Gasteiger partial charge in [0, 0.05) is 44.8 Å². The van der Waals surface area contributed by atoms with Crippen molar-refractivity contribution in [3.8, 4) is 0 Å². The van der Waals surface area contributed by atoms with E-state index >= 15 is 0 Å². The van der Waals surface area contributed by atoms with Gasteiger partial charge >= 0.3 is 0 Å². The fourth-order valence-electron chi connectivity index (χ4n) is 2.65. The minimum atomic E-state index is 0.0201. The van der Waals surface area contributed by atoms with Crippen LogP contribution in [-0.4, -0.2) is 56.0 Å². The zero-order chi connectivity index (χ0) is 14.5. The Morgan fingerprint density at radius 1 is 1.40 bits per heavy atom. The Balaban J connectivity index is 2.04. The van der Waals surface area contributed by atoms with Crippen LogP contribution in [0.4, 0.5) is 0 Å². The highest BCUT2D eigenvalue weighted by molar-refractivity contribution is 6.30. The summed E-state index contributed by atoms with van der Waals surface area (Å²) >= 11 is 6.03. The molecule has 0 bridgehead atoms. The molecule has 0 aromatic heterocycles. The van der Waals surface area contributed by atoms with Crippen molar-refractivity contribution >= 4 is 17.5 Å². The van der Waals surface area contributed by atoms with Crippen molar-refractivity contribution in [2.45, 2.75) is 6.54 Å². The number of carbonyl (C=O) groups excluding carboxylic acids is 1. The number of nitrogens with zero attached hydrogens (tertiary/aromatic N) is 2. The fraction of sp³-hybridized carbons (Fsp3) is 0.533. The second-order valence-electron chi connectivity index (χ2n) is 5.44. The van der Waals surface area contributed by atoms with Crippen molar-refractivity contribution in [2.75, 3.05) is 40.3 Å². The quantitative estimate of drug-likeness (QED) is 0.917. The largest absolute Gasteiger partial charge is 0.359 e. The topological polar surface area (TPSA) is 35.6 Å². The van der Waals surface area contributed by atoms with Crippen molar-refractivity contribution in [1.29, 1.82) is 0 Å². The van der Waals surface area contributed by atoms with Gasteiger partial charge in [0.15, 0.2) is 0 Å². The van der Waals surface area contributed by atoms with E-state index in [1.165, 1.54) is 5.56 Å². The lowest BCUT2D eigenvalue weighted by atomic mass is 10.1. The molecule has 0 unspecified atom stereocenters. The maximum absolute atomic E-state index is 11.9. The van der Waals surface area contributed by atoms with Crippen LogP contribution in [0, 0.1) is 5.92 Å². The van der Waals surface area contributed by atoms with E-state index in [2.05, 4.69) is 28.2 Å². The van der Waals surface area contributed by atoms with E-state index in [1.807, 2.05) is 18.2 Å². The van der Waals surface area contributed by atoms with Crippen LogP contribution in [-0.2, 0) is 11.3 Å². The average Bonchev–Trinajstić information content (AvgIpc) is 2.60. The molecule has 1 aliphatic rings. The Labute approximate surface area is 125 Å². The van der Waals surface area contributed by atoms with Crippen LogP contribution >= 0.6 is 11.6 Å². The van der Waals surface area contributed by atoms with Gasteiger partial charge in [0.05, 0.1) is 5.92 Å². The van der Waals surface area contributed by atoms with E-state index in [-0.39, 0.29) is 11.8 Å². The standard InChI is InChI=1S/C15H22ClN3O/c1-17-15(20)13-10-18(2)6-7-19(11-13)9-12-4-3-5-14(16)8-12/h3-5,8,13H,6-7,9-11H2,1-2H3,(H,17,20)/t13-/m0/s1. The molecule has 4 nitrogen and oxygen atoms in total. The van der Waals surface area contributed by atoms with Gasteiger partial charge in [-0.2, -0.15) is 0 Å². The van der Waals surface area contributed by atoms with Crippen molar-refractivity contribution in [1.82, 2.24) is 15.1 Å². The Hall–Kier alpha value is -1.10. The number of halogens is 1. The number of benzene rings is 1. The van der Waals surface area contributed by atoms with E-state index in [0.29, 0.717) is 0 Å². The molecular formula is C15H22ClN3O. The highest BCUT2D eigenvalue weighted by atomic mass is 35.5. The molecule has 0 aliphatic carbocycles. The number of hydrogen-bond acceptors (Lipinski definition) is 3. The molecule has 1 heterocycles. The van der Waals surface area contributed by atoms with Crippen LogP contribution < -0.4 is 5.32 Å². The van der Waals surface area contributed by atoms with Crippen LogP contribution in [0.15, 0.2) is 24.3 Å². The van der Waals surface area contributed by atoms with Gasteiger partial charge in [-0.25, -0.2) is 0 Å². The average molecular weight is 296 g/mol. The van der Waals surface area contributed by atoms with Crippen LogP contribution in [0.25, 0.3) is 0 Å². The first-order valence-electron chi connectivity index (χ1n) is 6.95. The third-order valence-corrected chi connectivity index (χ3v) is 3.96. The normalized spacial score (nSPS) is 21.4. The molecule has 0 radical (unpaired) electrons. The summed E-state index contributed by atoms with van der Waals surface area (Å²) < 4.78 is 0. The minimum absolute atomic E-state index is 0.0201. The first-order valence-corrected chi connectivity index (χ1v) is 7.33. The van der Waals surface area contributed by atoms with Gasteiger partial charge < -0.3 is 10.2 Å². The summed E-state index contributed by atoms with van der Waals surface area (Å²) in [6.07, 6.45) is 0. The zero-order valence-electron chi connectivity index (χ0n) is 12.1. The van der Waals surface area contributed by atoms with E-state index in [9.17, 15) is 4.79 Å². The SMILES string of the molecule is CNC(=O)[C@H]1CN(C)CCN(Cc2cccc(Cl)c2)C1. The predicted molar refractivity (Wildman–Crippen MR) is 81.8 cm³/mol. The summed E-state index contributed by atoms with van der Waals surface area (Å²) in [4.78, 5) is 16.5. The second kappa shape index (κ2) is 7.07. The van der Waals surface area contributed by atoms with Crippen LogP contribution in [0.2, 0.25) is 5.02 Å². The molecule has 110 valence electrons. The number of likely N-dealkylation sites (N-methyl/N-ethyl adjacent to an activating group) is 1. The predicted octanol–water partition coefficient (Wildman–Crippen LogP) is 1.45. The lowest BCUT2D eigenvalue weighted by molar-refractivity contribution is -0.125. The molecule has 1 fully saturated rings. The molecule has 0 saturated carbocycles. The highest BCUT2D eigenvalue weighted by Crippen LogP contribution is 2.15. The lowest BCUT2D eigenvalue weighted by Crippen LogP contribution is -2.39. The molecule has 1 aromatic rings. The van der Waals surface area contributed by atoms with Gasteiger partial charge in [-0.1, -0.05) is 23.7 Å². The Morgan fingerprint density at radius 3 is 2.90 bits per heavy atom. The Kier molecular flexibility index (Phi) is 5.40. The number of hydrogen-bond donors (Lipinski definition) is 1. The van der Waals surface area contributed by atoms with Gasteiger partial charge in [0.2, 0.25) is 5.91 Å². The molecule has 1 N–H and O–H groups in total. The van der Waals surface area contributed by atoms with E-state index in [0.717, 1.165) is 37.7 Å². The van der Waals surface area contributed by atoms with Crippen LogP contribution in [0.1, 0.15) is 5.56 Å². The molecule has 0 spiro atoms. The van der Waals surface area contributed by atoms with Crippen molar-refractivity contribution in [2.24, 2.45) is 5.92 Å². The molecule has 20 heavy (non-hydrogen) atoms. The minimum Gasteiger partial charge on any atom is -0.359 e. The summed E-state index contributed by atoms with van der Waals surface area (Å²) in [5.74, 6) is 0.140. The molecule has 1 amide bonds. The highest BCUT2D eigenvalue weighted by Gasteiger charge is 2.25.